The standard InChI is InChI=1S/C23H20F2N6O2/c1-13(17-8-16(24)7-14(10-26)20(17)25)29-22-18-9-19(31-3-5-33-6-4-31)23(32)30(2)21(18)15(11-27)12-28-22/h7-9,12-13H,3-6H2,1-2H3,(H,28,29)/t13-/m1/s1. The predicted molar refractivity (Wildman–Crippen MR) is 118 cm³/mol. The second-order valence-corrected chi connectivity index (χ2v) is 7.72. The number of benzene rings is 1. The van der Waals surface area contributed by atoms with Gasteiger partial charge in [-0.1, -0.05) is 0 Å². The topological polar surface area (TPSA) is 107 Å². The van der Waals surface area contributed by atoms with Crippen molar-refractivity contribution in [2.45, 2.75) is 13.0 Å². The fourth-order valence-corrected chi connectivity index (χ4v) is 4.00. The SMILES string of the molecule is C[C@@H](Nc1ncc(C#N)c2c1cc(N1CCOCC1)c(=O)n2C)c1cc(F)cc(C#N)c1F. The fourth-order valence-electron chi connectivity index (χ4n) is 4.00. The Morgan fingerprint density at radius 1 is 1.15 bits per heavy atom. The highest BCUT2D eigenvalue weighted by Gasteiger charge is 2.22. The van der Waals surface area contributed by atoms with Gasteiger partial charge < -0.3 is 19.5 Å². The first kappa shape index (κ1) is 22.2. The minimum Gasteiger partial charge on any atom is -0.378 e. The number of nitriles is 2. The van der Waals surface area contributed by atoms with Gasteiger partial charge in [0.05, 0.1) is 35.9 Å². The van der Waals surface area contributed by atoms with Crippen LogP contribution in [0.25, 0.3) is 10.9 Å². The molecule has 3 aromatic rings. The van der Waals surface area contributed by atoms with Crippen molar-refractivity contribution in [1.29, 1.82) is 10.5 Å². The number of morpholine rings is 1. The Hall–Kier alpha value is -4.02. The van der Waals surface area contributed by atoms with Gasteiger partial charge in [-0.05, 0) is 25.1 Å². The molecular formula is C23H20F2N6O2. The molecule has 1 aromatic carbocycles. The maximum Gasteiger partial charge on any atom is 0.274 e. The zero-order chi connectivity index (χ0) is 23.7. The summed E-state index contributed by atoms with van der Waals surface area (Å²) in [6.07, 6.45) is 1.33. The Morgan fingerprint density at radius 3 is 2.52 bits per heavy atom. The number of anilines is 2. The highest BCUT2D eigenvalue weighted by molar-refractivity contribution is 5.95. The summed E-state index contributed by atoms with van der Waals surface area (Å²) in [4.78, 5) is 19.3. The van der Waals surface area contributed by atoms with Crippen molar-refractivity contribution >= 4 is 22.4 Å². The van der Waals surface area contributed by atoms with Crippen LogP contribution in [0.15, 0.2) is 29.2 Å². The third-order valence-electron chi connectivity index (χ3n) is 5.71. The van der Waals surface area contributed by atoms with E-state index in [9.17, 15) is 18.8 Å². The second-order valence-electron chi connectivity index (χ2n) is 7.72. The molecule has 1 saturated heterocycles. The van der Waals surface area contributed by atoms with E-state index in [1.165, 1.54) is 10.8 Å². The van der Waals surface area contributed by atoms with E-state index in [-0.39, 0.29) is 16.7 Å². The van der Waals surface area contributed by atoms with E-state index in [0.29, 0.717) is 48.7 Å². The highest BCUT2D eigenvalue weighted by Crippen LogP contribution is 2.30. The summed E-state index contributed by atoms with van der Waals surface area (Å²) in [6.45, 7) is 3.66. The lowest BCUT2D eigenvalue weighted by Gasteiger charge is -2.29. The van der Waals surface area contributed by atoms with Crippen LogP contribution in [0.3, 0.4) is 0 Å². The van der Waals surface area contributed by atoms with Crippen molar-refractivity contribution in [2.75, 3.05) is 36.5 Å². The molecule has 0 spiro atoms. The van der Waals surface area contributed by atoms with Crippen LogP contribution in [0.5, 0.6) is 0 Å². The van der Waals surface area contributed by atoms with Crippen molar-refractivity contribution in [3.05, 3.63) is 63.1 Å². The molecule has 1 atom stereocenters. The van der Waals surface area contributed by atoms with Crippen molar-refractivity contribution in [3.63, 3.8) is 0 Å². The Balaban J connectivity index is 1.86. The summed E-state index contributed by atoms with van der Waals surface area (Å²) >= 11 is 0. The zero-order valence-corrected chi connectivity index (χ0v) is 18.0. The van der Waals surface area contributed by atoms with Crippen LogP contribution >= 0.6 is 0 Å². The van der Waals surface area contributed by atoms with Gasteiger partial charge in [0.15, 0.2) is 0 Å². The first-order chi connectivity index (χ1) is 15.8. The van der Waals surface area contributed by atoms with E-state index in [4.69, 9.17) is 10.00 Å². The monoisotopic (exact) mass is 450 g/mol. The maximum absolute atomic E-state index is 14.7. The van der Waals surface area contributed by atoms with Crippen molar-refractivity contribution in [1.82, 2.24) is 9.55 Å². The molecule has 8 nitrogen and oxygen atoms in total. The van der Waals surface area contributed by atoms with Crippen LogP contribution in [-0.2, 0) is 11.8 Å². The van der Waals surface area contributed by atoms with Gasteiger partial charge in [-0.15, -0.1) is 0 Å². The number of nitrogens with one attached hydrogen (secondary N) is 1. The second kappa shape index (κ2) is 8.85. The Labute approximate surface area is 188 Å². The summed E-state index contributed by atoms with van der Waals surface area (Å²) < 4.78 is 35.4. The smallest absolute Gasteiger partial charge is 0.274 e. The number of fused-ring (bicyclic) bond motifs is 1. The normalized spacial score (nSPS) is 14.5. The van der Waals surface area contributed by atoms with Crippen molar-refractivity contribution in [3.8, 4) is 12.1 Å². The average molecular weight is 450 g/mol. The summed E-state index contributed by atoms with van der Waals surface area (Å²) in [5.41, 5.74) is 0.324. The van der Waals surface area contributed by atoms with Gasteiger partial charge in [0.1, 0.15) is 35.3 Å². The van der Waals surface area contributed by atoms with Gasteiger partial charge in [0, 0.05) is 37.3 Å². The molecule has 0 amide bonds. The molecule has 0 aliphatic carbocycles. The Morgan fingerprint density at radius 2 is 1.85 bits per heavy atom. The first-order valence-electron chi connectivity index (χ1n) is 10.3. The zero-order valence-electron chi connectivity index (χ0n) is 18.0. The van der Waals surface area contributed by atoms with E-state index in [0.717, 1.165) is 12.1 Å². The molecule has 0 unspecified atom stereocenters. The minimum atomic E-state index is -0.821. The third-order valence-corrected chi connectivity index (χ3v) is 5.71. The van der Waals surface area contributed by atoms with Gasteiger partial charge in [-0.3, -0.25) is 4.79 Å². The molecule has 0 bridgehead atoms. The number of hydrogen-bond acceptors (Lipinski definition) is 7. The van der Waals surface area contributed by atoms with E-state index >= 15 is 0 Å². The lowest BCUT2D eigenvalue weighted by atomic mass is 10.0. The van der Waals surface area contributed by atoms with Crippen molar-refractivity contribution in [2.24, 2.45) is 7.05 Å². The quantitative estimate of drug-likeness (QED) is 0.651. The van der Waals surface area contributed by atoms with Gasteiger partial charge >= 0.3 is 0 Å². The molecule has 1 aliphatic heterocycles. The number of halogens is 2. The molecule has 1 N–H and O–H groups in total. The summed E-state index contributed by atoms with van der Waals surface area (Å²) in [5.74, 6) is -1.26. The number of aromatic nitrogens is 2. The molecule has 1 fully saturated rings. The molecule has 0 saturated carbocycles. The summed E-state index contributed by atoms with van der Waals surface area (Å²) in [7, 11) is 1.58. The largest absolute Gasteiger partial charge is 0.378 e. The van der Waals surface area contributed by atoms with E-state index in [2.05, 4.69) is 16.4 Å². The minimum absolute atomic E-state index is 0.0379. The fraction of sp³-hybridized carbons (Fsp3) is 0.304. The van der Waals surface area contributed by atoms with Crippen LogP contribution < -0.4 is 15.8 Å². The molecular weight excluding hydrogens is 430 g/mol. The van der Waals surface area contributed by atoms with Gasteiger partial charge in [-0.25, -0.2) is 13.8 Å². The Bertz CT molecular complexity index is 1380. The van der Waals surface area contributed by atoms with E-state index < -0.39 is 23.2 Å². The molecule has 2 aromatic heterocycles. The number of rotatable bonds is 4. The van der Waals surface area contributed by atoms with Gasteiger partial charge in [-0.2, -0.15) is 10.5 Å². The van der Waals surface area contributed by atoms with Gasteiger partial charge in [0.25, 0.3) is 5.56 Å². The lowest BCUT2D eigenvalue weighted by Crippen LogP contribution is -2.40. The van der Waals surface area contributed by atoms with E-state index in [1.54, 1.807) is 26.1 Å². The van der Waals surface area contributed by atoms with Crippen LogP contribution in [0.1, 0.15) is 29.7 Å². The van der Waals surface area contributed by atoms with Gasteiger partial charge in [0.2, 0.25) is 0 Å². The lowest BCUT2D eigenvalue weighted by molar-refractivity contribution is 0.122. The van der Waals surface area contributed by atoms with Crippen LogP contribution in [-0.4, -0.2) is 35.9 Å². The number of ether oxygens (including phenoxy) is 1. The summed E-state index contributed by atoms with van der Waals surface area (Å²) in [6, 6.07) is 6.46. The third kappa shape index (κ3) is 3.97. The molecule has 3 heterocycles. The molecule has 4 rings (SSSR count). The highest BCUT2D eigenvalue weighted by atomic mass is 19.1. The first-order valence-corrected chi connectivity index (χ1v) is 10.3. The van der Waals surface area contributed by atoms with Crippen LogP contribution in [0.2, 0.25) is 0 Å². The molecule has 168 valence electrons. The molecule has 10 heteroatoms. The van der Waals surface area contributed by atoms with E-state index in [1.807, 2.05) is 4.90 Å². The summed E-state index contributed by atoms with van der Waals surface area (Å²) in [5, 5.41) is 22.2. The number of nitrogens with zero attached hydrogens (tertiary/aromatic N) is 5. The molecule has 0 radical (unpaired) electrons. The molecule has 1 aliphatic rings. The average Bonchev–Trinajstić information content (AvgIpc) is 2.83. The number of aryl methyl sites for hydroxylation is 1. The van der Waals surface area contributed by atoms with Crippen LogP contribution in [0, 0.1) is 34.3 Å². The van der Waals surface area contributed by atoms with Crippen LogP contribution in [0.4, 0.5) is 20.3 Å². The van der Waals surface area contributed by atoms with Crippen molar-refractivity contribution < 1.29 is 13.5 Å². The maximum atomic E-state index is 14.7. The predicted octanol–water partition coefficient (Wildman–Crippen LogP) is 2.96. The Kier molecular flexibility index (Phi) is 5.95. The molecule has 33 heavy (non-hydrogen) atoms. The number of hydrogen-bond donors (Lipinski definition) is 1. The number of pyridine rings is 2.